The van der Waals surface area contributed by atoms with Gasteiger partial charge in [0.2, 0.25) is 0 Å². The third-order valence-electron chi connectivity index (χ3n) is 3.23. The van der Waals surface area contributed by atoms with Gasteiger partial charge < -0.3 is 4.98 Å². The molecule has 0 radical (unpaired) electrons. The molecule has 0 aliphatic heterocycles. The van der Waals surface area contributed by atoms with Crippen molar-refractivity contribution in [3.8, 4) is 0 Å². The van der Waals surface area contributed by atoms with Crippen molar-refractivity contribution in [1.29, 1.82) is 0 Å². The first-order valence-electron chi connectivity index (χ1n) is 6.99. The molecule has 1 N–H and O–H groups in total. The molecule has 6 heteroatoms. The summed E-state index contributed by atoms with van der Waals surface area (Å²) in [7, 11) is -3.51. The second kappa shape index (κ2) is 6.50. The van der Waals surface area contributed by atoms with Gasteiger partial charge in [-0.25, -0.2) is 12.4 Å². The van der Waals surface area contributed by atoms with Gasteiger partial charge in [-0.3, -0.25) is 4.98 Å². The standard InChI is InChI=1S/C12H10N2O2S.C5H5N/c15-17(16,11-4-2-1-3-5-11)14-9-7-10-6-8-13-12(10)14;1-2-4-6-5-3-1/h1-9,13H;1-5H. The van der Waals surface area contributed by atoms with E-state index in [-0.39, 0.29) is 4.90 Å². The third-order valence-corrected chi connectivity index (χ3v) is 4.92. The molecule has 3 aromatic heterocycles. The molecule has 4 aromatic rings. The molecule has 3 heterocycles. The van der Waals surface area contributed by atoms with E-state index in [4.69, 9.17) is 0 Å². The molecule has 0 aliphatic rings. The summed E-state index contributed by atoms with van der Waals surface area (Å²) in [6.07, 6.45) is 6.78. The highest BCUT2D eigenvalue weighted by molar-refractivity contribution is 7.90. The Bertz CT molecular complexity index is 948. The normalized spacial score (nSPS) is 11.0. The van der Waals surface area contributed by atoms with Crippen LogP contribution in [0.1, 0.15) is 0 Å². The molecular formula is C17H15N3O2S. The van der Waals surface area contributed by atoms with Crippen LogP contribution in [0.2, 0.25) is 0 Å². The Balaban J connectivity index is 0.000000220. The van der Waals surface area contributed by atoms with Gasteiger partial charge in [0.05, 0.1) is 4.90 Å². The Labute approximate surface area is 134 Å². The van der Waals surface area contributed by atoms with Gasteiger partial charge in [-0.2, -0.15) is 0 Å². The van der Waals surface area contributed by atoms with Crippen molar-refractivity contribution in [3.05, 3.63) is 85.5 Å². The highest BCUT2D eigenvalue weighted by atomic mass is 32.2. The van der Waals surface area contributed by atoms with Crippen molar-refractivity contribution in [2.45, 2.75) is 4.90 Å². The summed E-state index contributed by atoms with van der Waals surface area (Å²) in [6.45, 7) is 0. The van der Waals surface area contributed by atoms with Crippen molar-refractivity contribution in [2.75, 3.05) is 0 Å². The fourth-order valence-electron chi connectivity index (χ4n) is 2.14. The van der Waals surface area contributed by atoms with Crippen molar-refractivity contribution in [2.24, 2.45) is 0 Å². The second-order valence-corrected chi connectivity index (χ2v) is 6.55. The zero-order valence-electron chi connectivity index (χ0n) is 12.2. The van der Waals surface area contributed by atoms with Gasteiger partial charge in [0.1, 0.15) is 5.65 Å². The van der Waals surface area contributed by atoms with E-state index in [0.717, 1.165) is 5.39 Å². The van der Waals surface area contributed by atoms with Crippen LogP contribution in [0.25, 0.3) is 11.0 Å². The van der Waals surface area contributed by atoms with Crippen molar-refractivity contribution >= 4 is 21.1 Å². The zero-order chi connectivity index (χ0) is 16.1. The smallest absolute Gasteiger partial charge is 0.269 e. The summed E-state index contributed by atoms with van der Waals surface area (Å²) in [5, 5.41) is 0.879. The molecule has 0 saturated heterocycles. The van der Waals surface area contributed by atoms with Crippen molar-refractivity contribution in [1.82, 2.24) is 13.9 Å². The van der Waals surface area contributed by atoms with E-state index in [2.05, 4.69) is 9.97 Å². The Morgan fingerprint density at radius 1 is 0.870 bits per heavy atom. The van der Waals surface area contributed by atoms with Crippen LogP contribution in [-0.2, 0) is 10.0 Å². The lowest BCUT2D eigenvalue weighted by molar-refractivity contribution is 0.589. The molecule has 116 valence electrons. The summed E-state index contributed by atoms with van der Waals surface area (Å²) in [6, 6.07) is 17.7. The Morgan fingerprint density at radius 3 is 2.17 bits per heavy atom. The predicted octanol–water partition coefficient (Wildman–Crippen LogP) is 3.29. The number of hydrogen-bond donors (Lipinski definition) is 1. The van der Waals surface area contributed by atoms with Gasteiger partial charge in [-0.05, 0) is 36.4 Å². The average molecular weight is 325 g/mol. The lowest BCUT2D eigenvalue weighted by atomic mass is 10.4. The van der Waals surface area contributed by atoms with Gasteiger partial charge in [0.15, 0.2) is 0 Å². The number of aromatic nitrogens is 3. The maximum Gasteiger partial charge on any atom is 0.269 e. The first kappa shape index (κ1) is 15.1. The zero-order valence-corrected chi connectivity index (χ0v) is 13.0. The Hall–Kier alpha value is -2.86. The first-order chi connectivity index (χ1) is 11.2. The quantitative estimate of drug-likeness (QED) is 0.615. The van der Waals surface area contributed by atoms with E-state index in [1.165, 1.54) is 3.97 Å². The monoisotopic (exact) mass is 325 g/mol. The Kier molecular flexibility index (Phi) is 4.25. The molecule has 0 spiro atoms. The molecule has 0 saturated carbocycles. The highest BCUT2D eigenvalue weighted by Gasteiger charge is 2.18. The number of rotatable bonds is 2. The minimum Gasteiger partial charge on any atom is -0.347 e. The fraction of sp³-hybridized carbons (Fsp3) is 0. The van der Waals surface area contributed by atoms with Crippen LogP contribution in [0.5, 0.6) is 0 Å². The van der Waals surface area contributed by atoms with Gasteiger partial charge >= 0.3 is 0 Å². The number of H-pyrrole nitrogens is 1. The molecule has 4 rings (SSSR count). The van der Waals surface area contributed by atoms with Gasteiger partial charge in [-0.1, -0.05) is 24.3 Å². The molecular weight excluding hydrogens is 310 g/mol. The minimum atomic E-state index is -3.51. The third kappa shape index (κ3) is 3.17. The number of nitrogens with zero attached hydrogens (tertiary/aromatic N) is 2. The topological polar surface area (TPSA) is 67.8 Å². The van der Waals surface area contributed by atoms with E-state index >= 15 is 0 Å². The molecule has 0 unspecified atom stereocenters. The molecule has 0 bridgehead atoms. The van der Waals surface area contributed by atoms with Crippen LogP contribution >= 0.6 is 0 Å². The van der Waals surface area contributed by atoms with Gasteiger partial charge in [-0.15, -0.1) is 0 Å². The fourth-order valence-corrected chi connectivity index (χ4v) is 3.49. The lowest BCUT2D eigenvalue weighted by Gasteiger charge is -2.05. The summed E-state index contributed by atoms with van der Waals surface area (Å²) in [5.41, 5.74) is 0.592. The van der Waals surface area contributed by atoms with E-state index in [9.17, 15) is 8.42 Å². The molecule has 0 aliphatic carbocycles. The number of benzene rings is 1. The van der Waals surface area contributed by atoms with Crippen LogP contribution in [-0.4, -0.2) is 22.4 Å². The maximum absolute atomic E-state index is 12.3. The van der Waals surface area contributed by atoms with Crippen LogP contribution in [0.4, 0.5) is 0 Å². The van der Waals surface area contributed by atoms with E-state index in [0.29, 0.717) is 5.65 Å². The van der Waals surface area contributed by atoms with Crippen LogP contribution in [0.15, 0.2) is 90.3 Å². The van der Waals surface area contributed by atoms with E-state index in [1.807, 2.05) is 24.3 Å². The predicted molar refractivity (Wildman–Crippen MR) is 89.6 cm³/mol. The average Bonchev–Trinajstić information content (AvgIpc) is 3.21. The van der Waals surface area contributed by atoms with E-state index in [1.54, 1.807) is 61.2 Å². The van der Waals surface area contributed by atoms with Crippen LogP contribution in [0, 0.1) is 0 Å². The summed E-state index contributed by atoms with van der Waals surface area (Å²) in [4.78, 5) is 7.00. The largest absolute Gasteiger partial charge is 0.347 e. The van der Waals surface area contributed by atoms with E-state index < -0.39 is 10.0 Å². The molecule has 0 fully saturated rings. The Morgan fingerprint density at radius 2 is 1.57 bits per heavy atom. The van der Waals surface area contributed by atoms with Gasteiger partial charge in [0, 0.05) is 30.2 Å². The number of aromatic amines is 1. The molecule has 0 atom stereocenters. The molecule has 5 nitrogen and oxygen atoms in total. The maximum atomic E-state index is 12.3. The lowest BCUT2D eigenvalue weighted by Crippen LogP contribution is -2.11. The number of fused-ring (bicyclic) bond motifs is 1. The summed E-state index contributed by atoms with van der Waals surface area (Å²) in [5.74, 6) is 0. The minimum absolute atomic E-state index is 0.284. The SMILES string of the molecule is O=S(=O)(c1ccccc1)n1ccc2cc[nH]c21.c1ccncc1. The number of nitrogens with one attached hydrogen (secondary N) is 1. The van der Waals surface area contributed by atoms with Crippen LogP contribution < -0.4 is 0 Å². The van der Waals surface area contributed by atoms with Crippen molar-refractivity contribution < 1.29 is 8.42 Å². The molecule has 1 aromatic carbocycles. The first-order valence-corrected chi connectivity index (χ1v) is 8.44. The number of hydrogen-bond acceptors (Lipinski definition) is 3. The number of pyridine rings is 1. The second-order valence-electron chi connectivity index (χ2n) is 4.74. The van der Waals surface area contributed by atoms with Crippen LogP contribution in [0.3, 0.4) is 0 Å². The molecule has 0 amide bonds. The van der Waals surface area contributed by atoms with Crippen molar-refractivity contribution in [3.63, 3.8) is 0 Å². The summed E-state index contributed by atoms with van der Waals surface area (Å²) < 4.78 is 26.0. The van der Waals surface area contributed by atoms with Gasteiger partial charge in [0.25, 0.3) is 10.0 Å². The molecule has 23 heavy (non-hydrogen) atoms. The highest BCUT2D eigenvalue weighted by Crippen LogP contribution is 2.20. The summed E-state index contributed by atoms with van der Waals surface area (Å²) >= 11 is 0.